The quantitative estimate of drug-likeness (QED) is 0.509. The largest absolute Gasteiger partial charge is 0.424 e. The lowest BCUT2D eigenvalue weighted by Gasteiger charge is -2.11. The lowest BCUT2D eigenvalue weighted by Crippen LogP contribution is -2.32. The smallest absolute Gasteiger partial charge is 0.297 e. The SMILES string of the molecule is O=C1Nc2ccccc2C(c2ccccc2)=NC1Nc1ncc(-c2ccc(F)cc2)o1. The van der Waals surface area contributed by atoms with Crippen LogP contribution in [0.5, 0.6) is 0 Å². The first-order valence-corrected chi connectivity index (χ1v) is 9.69. The fourth-order valence-electron chi connectivity index (χ4n) is 3.39. The second-order valence-electron chi connectivity index (χ2n) is 6.96. The van der Waals surface area contributed by atoms with Gasteiger partial charge < -0.3 is 15.1 Å². The predicted molar refractivity (Wildman–Crippen MR) is 116 cm³/mol. The van der Waals surface area contributed by atoms with Crippen LogP contribution in [0.15, 0.2) is 94.5 Å². The Morgan fingerprint density at radius 3 is 2.45 bits per heavy atom. The number of benzene rings is 3. The Balaban J connectivity index is 1.49. The monoisotopic (exact) mass is 412 g/mol. The third-order valence-electron chi connectivity index (χ3n) is 4.89. The number of hydrogen-bond acceptors (Lipinski definition) is 5. The zero-order valence-electron chi connectivity index (χ0n) is 16.2. The summed E-state index contributed by atoms with van der Waals surface area (Å²) in [4.78, 5) is 21.8. The third kappa shape index (κ3) is 3.81. The van der Waals surface area contributed by atoms with Gasteiger partial charge in [-0.15, -0.1) is 0 Å². The fraction of sp³-hybridized carbons (Fsp3) is 0.0417. The van der Waals surface area contributed by atoms with Gasteiger partial charge in [0.15, 0.2) is 5.76 Å². The van der Waals surface area contributed by atoms with Gasteiger partial charge in [0, 0.05) is 16.7 Å². The molecule has 0 bridgehead atoms. The maximum absolute atomic E-state index is 13.2. The zero-order valence-corrected chi connectivity index (χ0v) is 16.2. The molecule has 4 aromatic rings. The van der Waals surface area contributed by atoms with Crippen molar-refractivity contribution in [3.8, 4) is 11.3 Å². The van der Waals surface area contributed by atoms with Crippen molar-refractivity contribution >= 4 is 23.3 Å². The van der Waals surface area contributed by atoms with E-state index in [-0.39, 0.29) is 17.7 Å². The molecule has 0 radical (unpaired) electrons. The van der Waals surface area contributed by atoms with Crippen LogP contribution in [0.25, 0.3) is 11.3 Å². The van der Waals surface area contributed by atoms with Crippen molar-refractivity contribution in [2.45, 2.75) is 6.17 Å². The normalized spacial score (nSPS) is 15.5. The van der Waals surface area contributed by atoms with E-state index in [0.29, 0.717) is 22.7 Å². The number of anilines is 2. The van der Waals surface area contributed by atoms with Crippen molar-refractivity contribution in [1.82, 2.24) is 4.98 Å². The molecule has 1 aliphatic heterocycles. The second-order valence-corrected chi connectivity index (χ2v) is 6.96. The molecule has 2 heterocycles. The molecule has 7 heteroatoms. The molecule has 2 N–H and O–H groups in total. The van der Waals surface area contributed by atoms with Crippen LogP contribution in [0, 0.1) is 5.82 Å². The Morgan fingerprint density at radius 2 is 1.65 bits per heavy atom. The van der Waals surface area contributed by atoms with E-state index in [2.05, 4.69) is 15.6 Å². The Kier molecular flexibility index (Phi) is 4.76. The summed E-state index contributed by atoms with van der Waals surface area (Å²) >= 11 is 0. The van der Waals surface area contributed by atoms with E-state index in [0.717, 1.165) is 11.1 Å². The number of nitrogens with zero attached hydrogens (tertiary/aromatic N) is 2. The number of halogens is 1. The topological polar surface area (TPSA) is 79.5 Å². The average Bonchev–Trinajstić information content (AvgIpc) is 3.21. The van der Waals surface area contributed by atoms with Gasteiger partial charge >= 0.3 is 0 Å². The minimum atomic E-state index is -0.956. The first kappa shape index (κ1) is 18.7. The molecule has 6 nitrogen and oxygen atoms in total. The highest BCUT2D eigenvalue weighted by Crippen LogP contribution is 2.26. The van der Waals surface area contributed by atoms with Crippen LogP contribution < -0.4 is 10.6 Å². The van der Waals surface area contributed by atoms with Gasteiger partial charge in [-0.1, -0.05) is 48.5 Å². The lowest BCUT2D eigenvalue weighted by atomic mass is 10.0. The molecular formula is C24H17FN4O2. The molecule has 1 amide bonds. The predicted octanol–water partition coefficient (Wildman–Crippen LogP) is 4.71. The van der Waals surface area contributed by atoms with Crippen molar-refractivity contribution in [3.05, 3.63) is 102 Å². The van der Waals surface area contributed by atoms with E-state index in [1.54, 1.807) is 12.1 Å². The summed E-state index contributed by atoms with van der Waals surface area (Å²) in [6.07, 6.45) is 0.558. The molecule has 31 heavy (non-hydrogen) atoms. The van der Waals surface area contributed by atoms with E-state index >= 15 is 0 Å². The van der Waals surface area contributed by atoms with Gasteiger partial charge in [-0.05, 0) is 30.3 Å². The molecule has 1 unspecified atom stereocenters. The van der Waals surface area contributed by atoms with Crippen LogP contribution in [-0.2, 0) is 4.79 Å². The molecule has 0 saturated carbocycles. The first-order chi connectivity index (χ1) is 15.2. The van der Waals surface area contributed by atoms with Gasteiger partial charge in [0.2, 0.25) is 6.17 Å². The van der Waals surface area contributed by atoms with E-state index in [1.165, 1.54) is 18.3 Å². The molecule has 5 rings (SSSR count). The lowest BCUT2D eigenvalue weighted by molar-refractivity contribution is -0.116. The Hall–Kier alpha value is -4.26. The molecule has 152 valence electrons. The van der Waals surface area contributed by atoms with Crippen molar-refractivity contribution < 1.29 is 13.6 Å². The van der Waals surface area contributed by atoms with Gasteiger partial charge in [-0.3, -0.25) is 4.79 Å². The van der Waals surface area contributed by atoms with E-state index in [1.807, 2.05) is 54.6 Å². The van der Waals surface area contributed by atoms with Gasteiger partial charge in [0.1, 0.15) is 5.82 Å². The van der Waals surface area contributed by atoms with Crippen LogP contribution in [0.4, 0.5) is 16.1 Å². The molecule has 0 fully saturated rings. The van der Waals surface area contributed by atoms with E-state index in [4.69, 9.17) is 9.41 Å². The van der Waals surface area contributed by atoms with E-state index in [9.17, 15) is 9.18 Å². The molecule has 0 saturated heterocycles. The number of benzodiazepines with no additional fused rings is 1. The Morgan fingerprint density at radius 1 is 0.903 bits per heavy atom. The van der Waals surface area contributed by atoms with E-state index < -0.39 is 6.17 Å². The summed E-state index contributed by atoms with van der Waals surface area (Å²) < 4.78 is 18.9. The molecular weight excluding hydrogens is 395 g/mol. The number of aliphatic imine (C=N–C) groups is 1. The first-order valence-electron chi connectivity index (χ1n) is 9.69. The number of para-hydroxylation sites is 1. The summed E-state index contributed by atoms with van der Waals surface area (Å²) in [5.74, 6) is -0.217. The van der Waals surface area contributed by atoms with Gasteiger partial charge in [0.05, 0.1) is 17.6 Å². The second kappa shape index (κ2) is 7.87. The molecule has 1 atom stereocenters. The van der Waals surface area contributed by atoms with Crippen LogP contribution in [-0.4, -0.2) is 22.8 Å². The molecule has 0 spiro atoms. The summed E-state index contributed by atoms with van der Waals surface area (Å²) in [5.41, 5.74) is 3.74. The van der Waals surface area contributed by atoms with Crippen molar-refractivity contribution in [3.63, 3.8) is 0 Å². The minimum Gasteiger partial charge on any atom is -0.424 e. The minimum absolute atomic E-state index is 0.140. The average molecular weight is 412 g/mol. The van der Waals surface area contributed by atoms with Crippen LogP contribution in [0.2, 0.25) is 0 Å². The van der Waals surface area contributed by atoms with Gasteiger partial charge in [-0.2, -0.15) is 0 Å². The number of oxazole rings is 1. The standard InChI is InChI=1S/C24H17FN4O2/c25-17-12-10-15(11-13-17)20-14-26-24(31-20)29-22-23(30)27-19-9-5-4-8-18(19)21(28-22)16-6-2-1-3-7-16/h1-14,22H,(H,26,29)(H,27,30). The summed E-state index contributed by atoms with van der Waals surface area (Å²) in [6, 6.07) is 23.2. The summed E-state index contributed by atoms with van der Waals surface area (Å²) in [5, 5.41) is 5.87. The number of amides is 1. The van der Waals surface area contributed by atoms with Crippen LogP contribution in [0.1, 0.15) is 11.1 Å². The number of hydrogen-bond donors (Lipinski definition) is 2. The maximum Gasteiger partial charge on any atom is 0.297 e. The van der Waals surface area contributed by atoms with Crippen molar-refractivity contribution in [2.24, 2.45) is 4.99 Å². The molecule has 0 aliphatic carbocycles. The van der Waals surface area contributed by atoms with Gasteiger partial charge in [0.25, 0.3) is 11.9 Å². The Labute approximate surface area is 177 Å². The zero-order chi connectivity index (χ0) is 21.2. The highest BCUT2D eigenvalue weighted by Gasteiger charge is 2.26. The molecule has 1 aliphatic rings. The number of nitrogens with one attached hydrogen (secondary N) is 2. The highest BCUT2D eigenvalue weighted by atomic mass is 19.1. The molecule has 3 aromatic carbocycles. The summed E-state index contributed by atoms with van der Waals surface area (Å²) in [6.45, 7) is 0. The highest BCUT2D eigenvalue weighted by molar-refractivity contribution is 6.19. The molecule has 1 aromatic heterocycles. The third-order valence-corrected chi connectivity index (χ3v) is 4.89. The number of rotatable bonds is 4. The fourth-order valence-corrected chi connectivity index (χ4v) is 3.39. The number of carbonyl (C=O) groups is 1. The Bertz CT molecular complexity index is 1270. The van der Waals surface area contributed by atoms with Crippen molar-refractivity contribution in [1.29, 1.82) is 0 Å². The van der Waals surface area contributed by atoms with Crippen LogP contribution in [0.3, 0.4) is 0 Å². The maximum atomic E-state index is 13.2. The summed E-state index contributed by atoms with van der Waals surface area (Å²) in [7, 11) is 0. The number of carbonyl (C=O) groups excluding carboxylic acids is 1. The van der Waals surface area contributed by atoms with Gasteiger partial charge in [-0.25, -0.2) is 14.4 Å². The van der Waals surface area contributed by atoms with Crippen molar-refractivity contribution in [2.75, 3.05) is 10.6 Å². The number of fused-ring (bicyclic) bond motifs is 1. The number of aromatic nitrogens is 1. The van der Waals surface area contributed by atoms with Crippen LogP contribution >= 0.6 is 0 Å².